The Labute approximate surface area is 50.6 Å². The molecule has 0 aliphatic rings. The van der Waals surface area contributed by atoms with E-state index < -0.39 is 17.5 Å². The van der Waals surface area contributed by atoms with Crippen LogP contribution in [0.1, 0.15) is 6.92 Å². The van der Waals surface area contributed by atoms with Crippen LogP contribution in [-0.4, -0.2) is 27.8 Å². The molecule has 50 valence electrons. The van der Waals surface area contributed by atoms with Crippen molar-refractivity contribution in [3.05, 3.63) is 0 Å². The van der Waals surface area contributed by atoms with Crippen LogP contribution in [0.4, 0.5) is 0 Å². The van der Waals surface area contributed by atoms with Gasteiger partial charge in [-0.05, 0) is 0 Å². The van der Waals surface area contributed by atoms with Gasteiger partial charge in [-0.1, -0.05) is 5.16 Å². The van der Waals surface area contributed by atoms with E-state index in [9.17, 15) is 9.59 Å². The van der Waals surface area contributed by atoms with Crippen LogP contribution in [0.3, 0.4) is 0 Å². The normalized spacial score (nSPS) is 11.0. The van der Waals surface area contributed by atoms with Crippen molar-refractivity contribution >= 4 is 17.5 Å². The number of ketones is 1. The smallest absolute Gasteiger partial charge is 0.361 e. The van der Waals surface area contributed by atoms with Gasteiger partial charge in [-0.2, -0.15) is 0 Å². The Balaban J connectivity index is 4.38. The Morgan fingerprint density at radius 2 is 1.89 bits per heavy atom. The van der Waals surface area contributed by atoms with E-state index in [2.05, 4.69) is 5.16 Å². The molecule has 0 aromatic carbocycles. The first-order valence-electron chi connectivity index (χ1n) is 2.06. The maximum absolute atomic E-state index is 10.1. The molecule has 0 aliphatic carbocycles. The molecule has 0 aromatic rings. The summed E-state index contributed by atoms with van der Waals surface area (Å²) < 4.78 is 0. The highest BCUT2D eigenvalue weighted by molar-refractivity contribution is 6.63. The molecule has 0 atom stereocenters. The number of carboxylic acid groups (broad SMARTS) is 1. The Kier molecular flexibility index (Phi) is 2.37. The topological polar surface area (TPSA) is 87.0 Å². The largest absolute Gasteiger partial charge is 0.476 e. The van der Waals surface area contributed by atoms with Crippen molar-refractivity contribution in [2.45, 2.75) is 6.92 Å². The second kappa shape index (κ2) is 2.81. The zero-order valence-corrected chi connectivity index (χ0v) is 4.66. The van der Waals surface area contributed by atoms with Crippen molar-refractivity contribution in [1.29, 1.82) is 0 Å². The van der Waals surface area contributed by atoms with E-state index in [0.717, 1.165) is 6.92 Å². The molecule has 0 heterocycles. The number of nitrogens with zero attached hydrogens (tertiary/aromatic N) is 1. The summed E-state index contributed by atoms with van der Waals surface area (Å²) in [5.41, 5.74) is -0.852. The molecular weight excluding hydrogens is 126 g/mol. The van der Waals surface area contributed by atoms with E-state index >= 15 is 0 Å². The lowest BCUT2D eigenvalue weighted by Gasteiger charge is -1.87. The van der Waals surface area contributed by atoms with Gasteiger partial charge in [0.25, 0.3) is 0 Å². The molecule has 0 bridgehead atoms. The Morgan fingerprint density at radius 1 is 1.44 bits per heavy atom. The van der Waals surface area contributed by atoms with Gasteiger partial charge in [-0.25, -0.2) is 4.79 Å². The molecule has 0 fully saturated rings. The summed E-state index contributed by atoms with van der Waals surface area (Å²) in [6.45, 7) is 1.00. The monoisotopic (exact) mass is 131 g/mol. The average Bonchev–Trinajstić information content (AvgIpc) is 1.64. The van der Waals surface area contributed by atoms with Crippen molar-refractivity contribution in [3.63, 3.8) is 0 Å². The fourth-order valence-corrected chi connectivity index (χ4v) is 0.264. The Bertz CT molecular complexity index is 155. The number of carbonyl (C=O) groups excluding carboxylic acids is 1. The number of hydrogen-bond acceptors (Lipinski definition) is 4. The van der Waals surface area contributed by atoms with E-state index in [0.29, 0.717) is 0 Å². The number of aliphatic carboxylic acids is 1. The molecule has 0 saturated carbocycles. The molecule has 0 amide bonds. The third kappa shape index (κ3) is 1.89. The SMILES string of the molecule is CC(=O)C(=NO)C(=O)O. The predicted octanol–water partition coefficient (Wildman–Crippen LogP) is -0.510. The minimum Gasteiger partial charge on any atom is -0.476 e. The van der Waals surface area contributed by atoms with E-state index in [1.165, 1.54) is 0 Å². The number of hydrogen-bond donors (Lipinski definition) is 2. The van der Waals surface area contributed by atoms with Crippen LogP contribution in [-0.2, 0) is 9.59 Å². The summed E-state index contributed by atoms with van der Waals surface area (Å²) in [6.07, 6.45) is 0. The van der Waals surface area contributed by atoms with Crippen molar-refractivity contribution in [3.8, 4) is 0 Å². The van der Waals surface area contributed by atoms with Crippen molar-refractivity contribution in [2.75, 3.05) is 0 Å². The van der Waals surface area contributed by atoms with Gasteiger partial charge in [0.2, 0.25) is 5.71 Å². The molecule has 0 saturated heterocycles. The first-order chi connectivity index (χ1) is 4.09. The highest BCUT2D eigenvalue weighted by Crippen LogP contribution is 1.78. The summed E-state index contributed by atoms with van der Waals surface area (Å²) in [7, 11) is 0. The molecule has 2 N–H and O–H groups in total. The second-order valence-corrected chi connectivity index (χ2v) is 1.31. The maximum atomic E-state index is 10.1. The van der Waals surface area contributed by atoms with Gasteiger partial charge in [-0.15, -0.1) is 0 Å². The quantitative estimate of drug-likeness (QED) is 0.228. The van der Waals surface area contributed by atoms with Gasteiger partial charge in [0.15, 0.2) is 5.78 Å². The number of oxime groups is 1. The van der Waals surface area contributed by atoms with Crippen molar-refractivity contribution < 1.29 is 19.9 Å². The Morgan fingerprint density at radius 3 is 1.89 bits per heavy atom. The van der Waals surface area contributed by atoms with Crippen LogP contribution in [0.25, 0.3) is 0 Å². The number of carboxylic acids is 1. The molecule has 0 radical (unpaired) electrons. The summed E-state index contributed by atoms with van der Waals surface area (Å²) in [4.78, 5) is 20.0. The molecule has 0 aromatic heterocycles. The third-order valence-corrected chi connectivity index (χ3v) is 0.636. The lowest BCUT2D eigenvalue weighted by atomic mass is 10.3. The van der Waals surface area contributed by atoms with Gasteiger partial charge >= 0.3 is 5.97 Å². The third-order valence-electron chi connectivity index (χ3n) is 0.636. The summed E-state index contributed by atoms with van der Waals surface area (Å²) in [5.74, 6) is -2.30. The summed E-state index contributed by atoms with van der Waals surface area (Å²) in [5, 5.41) is 18.1. The van der Waals surface area contributed by atoms with Gasteiger partial charge in [0.1, 0.15) is 0 Å². The first kappa shape index (κ1) is 7.61. The molecule has 0 aliphatic heterocycles. The van der Waals surface area contributed by atoms with Crippen LogP contribution in [0.15, 0.2) is 5.16 Å². The molecule has 0 rings (SSSR count). The van der Waals surface area contributed by atoms with Crippen LogP contribution in [0.5, 0.6) is 0 Å². The molecular formula is C4H5NO4. The molecule has 5 nitrogen and oxygen atoms in total. The number of Topliss-reactive ketones (excluding diaryl/α,β-unsaturated/α-hetero) is 1. The maximum Gasteiger partial charge on any atom is 0.361 e. The lowest BCUT2D eigenvalue weighted by molar-refractivity contribution is -0.130. The minimum atomic E-state index is -1.52. The molecule has 5 heteroatoms. The van der Waals surface area contributed by atoms with Crippen LogP contribution < -0.4 is 0 Å². The highest BCUT2D eigenvalue weighted by atomic mass is 16.4. The van der Waals surface area contributed by atoms with E-state index in [1.54, 1.807) is 0 Å². The van der Waals surface area contributed by atoms with Gasteiger partial charge in [0.05, 0.1) is 0 Å². The second-order valence-electron chi connectivity index (χ2n) is 1.31. The summed E-state index contributed by atoms with van der Waals surface area (Å²) in [6, 6.07) is 0. The Hall–Kier alpha value is -1.39. The van der Waals surface area contributed by atoms with E-state index in [1.807, 2.05) is 0 Å². The van der Waals surface area contributed by atoms with Crippen molar-refractivity contribution in [2.24, 2.45) is 5.16 Å². The lowest BCUT2D eigenvalue weighted by Crippen LogP contribution is -2.20. The fraction of sp³-hybridized carbons (Fsp3) is 0.250. The molecule has 0 unspecified atom stereocenters. The van der Waals surface area contributed by atoms with Gasteiger partial charge in [0, 0.05) is 6.92 Å². The summed E-state index contributed by atoms with van der Waals surface area (Å²) >= 11 is 0. The van der Waals surface area contributed by atoms with Crippen LogP contribution in [0, 0.1) is 0 Å². The average molecular weight is 131 g/mol. The predicted molar refractivity (Wildman–Crippen MR) is 27.5 cm³/mol. The first-order valence-corrected chi connectivity index (χ1v) is 2.06. The zero-order chi connectivity index (χ0) is 7.44. The minimum absolute atomic E-state index is 0.773. The zero-order valence-electron chi connectivity index (χ0n) is 4.66. The fourth-order valence-electron chi connectivity index (χ4n) is 0.264. The van der Waals surface area contributed by atoms with Crippen LogP contribution in [0.2, 0.25) is 0 Å². The number of rotatable bonds is 2. The van der Waals surface area contributed by atoms with E-state index in [-0.39, 0.29) is 0 Å². The van der Waals surface area contributed by atoms with Gasteiger partial charge < -0.3 is 10.3 Å². The van der Waals surface area contributed by atoms with Gasteiger partial charge in [-0.3, -0.25) is 4.79 Å². The van der Waals surface area contributed by atoms with Crippen LogP contribution >= 0.6 is 0 Å². The standard InChI is InChI=1S/C4H5NO4/c1-2(6)3(5-9)4(7)8/h9H,1H3,(H,7,8). The van der Waals surface area contributed by atoms with Crippen molar-refractivity contribution in [1.82, 2.24) is 0 Å². The molecule has 9 heavy (non-hydrogen) atoms. The van der Waals surface area contributed by atoms with E-state index in [4.69, 9.17) is 10.3 Å². The molecule has 0 spiro atoms. The number of carbonyl (C=O) groups is 2. The highest BCUT2D eigenvalue weighted by Gasteiger charge is 2.14.